The number of hydrogen-bond donors (Lipinski definition) is 1. The Morgan fingerprint density at radius 3 is 2.39 bits per heavy atom. The number of nitrogens with zero attached hydrogens (tertiary/aromatic N) is 1. The van der Waals surface area contributed by atoms with Gasteiger partial charge in [0.25, 0.3) is 0 Å². The molecule has 0 spiro atoms. The molecule has 0 saturated carbocycles. The molecular formula is C29H33NO6. The third-order valence-electron chi connectivity index (χ3n) is 6.69. The normalized spacial score (nSPS) is 14.6. The second-order valence-corrected chi connectivity index (χ2v) is 10.2. The van der Waals surface area contributed by atoms with Gasteiger partial charge in [-0.05, 0) is 47.2 Å². The molecule has 36 heavy (non-hydrogen) atoms. The van der Waals surface area contributed by atoms with Gasteiger partial charge in [-0.3, -0.25) is 4.79 Å². The highest BCUT2D eigenvalue weighted by Crippen LogP contribution is 2.46. The first-order valence-corrected chi connectivity index (χ1v) is 12.1. The molecule has 1 aromatic heterocycles. The van der Waals surface area contributed by atoms with E-state index in [1.54, 1.807) is 14.2 Å². The van der Waals surface area contributed by atoms with Crippen molar-refractivity contribution in [2.75, 3.05) is 27.4 Å². The number of carboxylic acids is 1. The van der Waals surface area contributed by atoms with Crippen molar-refractivity contribution in [3.8, 4) is 33.9 Å². The quantitative estimate of drug-likeness (QED) is 0.422. The summed E-state index contributed by atoms with van der Waals surface area (Å²) < 4.78 is 18.7. The second-order valence-electron chi connectivity index (χ2n) is 10.2. The highest BCUT2D eigenvalue weighted by atomic mass is 16.5. The van der Waals surface area contributed by atoms with Crippen LogP contribution in [-0.2, 0) is 11.2 Å². The Balaban J connectivity index is 1.91. The van der Waals surface area contributed by atoms with E-state index in [0.717, 1.165) is 40.2 Å². The van der Waals surface area contributed by atoms with Crippen LogP contribution in [0.2, 0.25) is 0 Å². The van der Waals surface area contributed by atoms with Crippen molar-refractivity contribution < 1.29 is 24.1 Å². The van der Waals surface area contributed by atoms with Crippen molar-refractivity contribution in [2.24, 2.45) is 5.41 Å². The molecule has 1 N–H and O–H groups in total. The first kappa shape index (κ1) is 25.5. The van der Waals surface area contributed by atoms with E-state index in [1.807, 2.05) is 34.9 Å². The van der Waals surface area contributed by atoms with Crippen molar-refractivity contribution >= 4 is 5.97 Å². The maximum atomic E-state index is 12.7. The van der Waals surface area contributed by atoms with Crippen LogP contribution in [0.5, 0.6) is 11.5 Å². The van der Waals surface area contributed by atoms with Crippen LogP contribution in [0.4, 0.5) is 0 Å². The topological polar surface area (TPSA) is 87.0 Å². The van der Waals surface area contributed by atoms with Gasteiger partial charge in [-0.2, -0.15) is 0 Å². The van der Waals surface area contributed by atoms with Gasteiger partial charge >= 0.3 is 5.97 Å². The number of rotatable bonds is 8. The lowest BCUT2D eigenvalue weighted by Gasteiger charge is -2.39. The summed E-state index contributed by atoms with van der Waals surface area (Å²) in [4.78, 5) is 24.5. The van der Waals surface area contributed by atoms with Crippen LogP contribution in [0, 0.1) is 5.41 Å². The Kier molecular flexibility index (Phi) is 7.22. The van der Waals surface area contributed by atoms with Gasteiger partial charge in [0.2, 0.25) is 0 Å². The molecule has 2 heterocycles. The van der Waals surface area contributed by atoms with E-state index >= 15 is 0 Å². The molecule has 0 aliphatic carbocycles. The van der Waals surface area contributed by atoms with Crippen molar-refractivity contribution in [2.45, 2.75) is 39.7 Å². The van der Waals surface area contributed by atoms with Crippen molar-refractivity contribution in [1.82, 2.24) is 4.57 Å². The number of pyridine rings is 1. The summed E-state index contributed by atoms with van der Waals surface area (Å²) >= 11 is 0. The monoisotopic (exact) mass is 491 g/mol. The van der Waals surface area contributed by atoms with E-state index in [1.165, 1.54) is 12.3 Å². The van der Waals surface area contributed by atoms with E-state index in [9.17, 15) is 14.7 Å². The summed E-state index contributed by atoms with van der Waals surface area (Å²) in [5.74, 6) is 0.304. The van der Waals surface area contributed by atoms with Crippen LogP contribution in [0.3, 0.4) is 0 Å². The Morgan fingerprint density at radius 1 is 1.06 bits per heavy atom. The highest BCUT2D eigenvalue weighted by Gasteiger charge is 2.34. The first-order chi connectivity index (χ1) is 17.1. The van der Waals surface area contributed by atoms with E-state index in [-0.39, 0.29) is 17.0 Å². The molecule has 4 rings (SSSR count). The summed E-state index contributed by atoms with van der Waals surface area (Å²) in [6.07, 6.45) is 2.95. The fourth-order valence-electron chi connectivity index (χ4n) is 4.74. The van der Waals surface area contributed by atoms with Crippen LogP contribution in [0.15, 0.2) is 53.5 Å². The van der Waals surface area contributed by atoms with Crippen LogP contribution in [0.1, 0.15) is 49.2 Å². The molecule has 7 heteroatoms. The minimum Gasteiger partial charge on any atom is -0.497 e. The SMILES string of the molecule is COCCCOc1cc2c(cc1-c1ccc(OC)cc1)-c1cc(=O)c(C(=O)O)cn1[C@H](C(C)(C)C)C2. The highest BCUT2D eigenvalue weighted by molar-refractivity contribution is 5.88. The number of aromatic nitrogens is 1. The van der Waals surface area contributed by atoms with Crippen LogP contribution >= 0.6 is 0 Å². The summed E-state index contributed by atoms with van der Waals surface area (Å²) in [6.45, 7) is 7.49. The van der Waals surface area contributed by atoms with E-state index < -0.39 is 11.4 Å². The molecule has 0 bridgehead atoms. The Bertz CT molecular complexity index is 1320. The number of carbonyl (C=O) groups is 1. The molecule has 1 aliphatic heterocycles. The zero-order valence-corrected chi connectivity index (χ0v) is 21.5. The minimum absolute atomic E-state index is 0.0353. The molecule has 1 atom stereocenters. The third kappa shape index (κ3) is 5.02. The number of ether oxygens (including phenoxy) is 3. The van der Waals surface area contributed by atoms with E-state index in [2.05, 4.69) is 26.8 Å². The van der Waals surface area contributed by atoms with Gasteiger partial charge in [0.05, 0.1) is 19.4 Å². The summed E-state index contributed by atoms with van der Waals surface area (Å²) in [5.41, 5.74) is 3.64. The number of hydrogen-bond acceptors (Lipinski definition) is 5. The van der Waals surface area contributed by atoms with Crippen molar-refractivity contribution in [3.05, 3.63) is 70.0 Å². The molecule has 7 nitrogen and oxygen atoms in total. The molecule has 190 valence electrons. The van der Waals surface area contributed by atoms with Crippen LogP contribution in [-0.4, -0.2) is 43.1 Å². The maximum absolute atomic E-state index is 12.7. The Morgan fingerprint density at radius 2 is 1.78 bits per heavy atom. The molecule has 0 saturated heterocycles. The molecule has 0 fully saturated rings. The average molecular weight is 492 g/mol. The maximum Gasteiger partial charge on any atom is 0.341 e. The summed E-state index contributed by atoms with van der Waals surface area (Å²) in [7, 11) is 3.30. The number of fused-ring (bicyclic) bond motifs is 3. The molecule has 0 unspecified atom stereocenters. The average Bonchev–Trinajstić information content (AvgIpc) is 2.84. The lowest BCUT2D eigenvalue weighted by atomic mass is 9.78. The van der Waals surface area contributed by atoms with Gasteiger partial charge in [0, 0.05) is 49.6 Å². The molecular weight excluding hydrogens is 458 g/mol. The first-order valence-electron chi connectivity index (χ1n) is 12.1. The fourth-order valence-corrected chi connectivity index (χ4v) is 4.74. The lowest BCUT2D eigenvalue weighted by molar-refractivity contribution is 0.0693. The minimum atomic E-state index is -1.22. The zero-order chi connectivity index (χ0) is 26.0. The van der Waals surface area contributed by atoms with Gasteiger partial charge in [0.15, 0.2) is 5.43 Å². The zero-order valence-electron chi connectivity index (χ0n) is 21.5. The van der Waals surface area contributed by atoms with Gasteiger partial charge in [-0.15, -0.1) is 0 Å². The van der Waals surface area contributed by atoms with Gasteiger partial charge in [0.1, 0.15) is 17.1 Å². The third-order valence-corrected chi connectivity index (χ3v) is 6.69. The van der Waals surface area contributed by atoms with E-state index in [0.29, 0.717) is 25.3 Å². The standard InChI is InChI=1S/C29H33NO6/c1-29(2,3)27-14-19-13-26(36-12-6-11-34-4)22(18-7-9-20(35-5)10-8-18)15-21(19)24-16-25(31)23(28(32)33)17-30(24)27/h7-10,13,15-17,27H,6,11-12,14H2,1-5H3,(H,32,33)/t27-/m0/s1. The molecule has 3 aromatic rings. The van der Waals surface area contributed by atoms with Gasteiger partial charge in [-0.25, -0.2) is 4.79 Å². The number of benzene rings is 2. The predicted molar refractivity (Wildman–Crippen MR) is 139 cm³/mol. The smallest absolute Gasteiger partial charge is 0.341 e. The molecule has 0 amide bonds. The summed E-state index contributed by atoms with van der Waals surface area (Å²) in [6, 6.07) is 13.3. The number of carboxylic acid groups (broad SMARTS) is 1. The van der Waals surface area contributed by atoms with E-state index in [4.69, 9.17) is 14.2 Å². The summed E-state index contributed by atoms with van der Waals surface area (Å²) in [5, 5.41) is 9.60. The second kappa shape index (κ2) is 10.2. The van der Waals surface area contributed by atoms with Gasteiger partial charge < -0.3 is 23.9 Å². The molecule has 0 radical (unpaired) electrons. The largest absolute Gasteiger partial charge is 0.497 e. The van der Waals surface area contributed by atoms with Crippen molar-refractivity contribution in [1.29, 1.82) is 0 Å². The fraction of sp³-hybridized carbons (Fsp3) is 0.379. The predicted octanol–water partition coefficient (Wildman–Crippen LogP) is 5.45. The molecule has 1 aliphatic rings. The van der Waals surface area contributed by atoms with Crippen molar-refractivity contribution in [3.63, 3.8) is 0 Å². The van der Waals surface area contributed by atoms with Gasteiger partial charge in [-0.1, -0.05) is 32.9 Å². The number of methoxy groups -OCH3 is 2. The van der Waals surface area contributed by atoms with Crippen LogP contribution < -0.4 is 14.9 Å². The van der Waals surface area contributed by atoms with Crippen LogP contribution in [0.25, 0.3) is 22.4 Å². The Labute approximate surface area is 211 Å². The lowest BCUT2D eigenvalue weighted by Crippen LogP contribution is -2.32. The number of aromatic carboxylic acids is 1. The Hall–Kier alpha value is -3.58. The molecule has 2 aromatic carbocycles.